The van der Waals surface area contributed by atoms with Crippen molar-refractivity contribution < 1.29 is 9.47 Å². The van der Waals surface area contributed by atoms with E-state index in [4.69, 9.17) is 9.47 Å². The molecule has 0 aliphatic heterocycles. The van der Waals surface area contributed by atoms with Crippen molar-refractivity contribution in [1.29, 1.82) is 0 Å². The van der Waals surface area contributed by atoms with Crippen LogP contribution in [0.3, 0.4) is 0 Å². The van der Waals surface area contributed by atoms with Gasteiger partial charge in [-0.15, -0.1) is 0 Å². The van der Waals surface area contributed by atoms with Gasteiger partial charge in [-0.2, -0.15) is 0 Å². The highest BCUT2D eigenvalue weighted by molar-refractivity contribution is 5.95. The van der Waals surface area contributed by atoms with Crippen molar-refractivity contribution in [3.05, 3.63) is 155 Å². The molecule has 0 bridgehead atoms. The molecule has 0 amide bonds. The molecule has 0 fully saturated rings. The third kappa shape index (κ3) is 6.87. The maximum atomic E-state index is 6.00. The number of methoxy groups -OCH3 is 2. The zero-order chi connectivity index (χ0) is 31.1. The standard InChI is InChI=1S/C40H40N2O2/c1-41(2)35-21-17-31(18-22-35)37(29-13-9-7-10-14-29)25-33-27-40(44-6)34(28-39(33)43-5)26-38(30-15-11-8-12-16-30)32-19-23-36(24-20-32)42(3)4/h7-28H,1-6H3/b37-25+,38-26+. The number of hydrogen-bond acceptors (Lipinski definition) is 4. The Bertz CT molecular complexity index is 1600. The molecule has 0 atom stereocenters. The summed E-state index contributed by atoms with van der Waals surface area (Å²) in [5, 5.41) is 0. The van der Waals surface area contributed by atoms with E-state index >= 15 is 0 Å². The van der Waals surface area contributed by atoms with Crippen LogP contribution in [0.1, 0.15) is 33.4 Å². The third-order valence-electron chi connectivity index (χ3n) is 7.74. The van der Waals surface area contributed by atoms with E-state index in [9.17, 15) is 0 Å². The van der Waals surface area contributed by atoms with Crippen LogP contribution in [0.4, 0.5) is 11.4 Å². The second-order valence-electron chi connectivity index (χ2n) is 11.1. The van der Waals surface area contributed by atoms with Gasteiger partial charge in [0.15, 0.2) is 0 Å². The van der Waals surface area contributed by atoms with E-state index in [0.717, 1.165) is 67.4 Å². The molecule has 5 rings (SSSR count). The van der Waals surface area contributed by atoms with Crippen LogP contribution in [0.25, 0.3) is 23.3 Å². The van der Waals surface area contributed by atoms with Crippen LogP contribution in [-0.2, 0) is 0 Å². The van der Waals surface area contributed by atoms with Crippen LogP contribution in [-0.4, -0.2) is 42.4 Å². The van der Waals surface area contributed by atoms with Crippen LogP contribution in [0.2, 0.25) is 0 Å². The van der Waals surface area contributed by atoms with Crippen molar-refractivity contribution in [1.82, 2.24) is 0 Å². The Kier molecular flexibility index (Phi) is 9.51. The van der Waals surface area contributed by atoms with Crippen molar-refractivity contribution in [2.75, 3.05) is 52.2 Å². The van der Waals surface area contributed by atoms with Gasteiger partial charge in [0.1, 0.15) is 11.5 Å². The van der Waals surface area contributed by atoms with Gasteiger partial charge in [-0.3, -0.25) is 0 Å². The summed E-state index contributed by atoms with van der Waals surface area (Å²) in [5.74, 6) is 1.54. The highest BCUT2D eigenvalue weighted by atomic mass is 16.5. The van der Waals surface area contributed by atoms with Crippen molar-refractivity contribution >= 4 is 34.7 Å². The van der Waals surface area contributed by atoms with Crippen LogP contribution in [0.15, 0.2) is 121 Å². The van der Waals surface area contributed by atoms with E-state index in [-0.39, 0.29) is 0 Å². The van der Waals surface area contributed by atoms with Crippen LogP contribution in [0, 0.1) is 0 Å². The van der Waals surface area contributed by atoms with Crippen LogP contribution < -0.4 is 19.3 Å². The van der Waals surface area contributed by atoms with Gasteiger partial charge in [-0.1, -0.05) is 84.9 Å². The number of nitrogens with zero attached hydrogens (tertiary/aromatic N) is 2. The Labute approximate surface area is 262 Å². The van der Waals surface area contributed by atoms with Crippen LogP contribution in [0.5, 0.6) is 11.5 Å². The molecule has 0 saturated carbocycles. The molecule has 0 N–H and O–H groups in total. The van der Waals surface area contributed by atoms with E-state index in [1.165, 1.54) is 0 Å². The van der Waals surface area contributed by atoms with Gasteiger partial charge in [-0.05, 0) is 82.0 Å². The van der Waals surface area contributed by atoms with Gasteiger partial charge in [0.2, 0.25) is 0 Å². The van der Waals surface area contributed by atoms with Crippen LogP contribution >= 0.6 is 0 Å². The minimum absolute atomic E-state index is 0.769. The molecule has 0 unspecified atom stereocenters. The van der Waals surface area contributed by atoms with Crippen molar-refractivity contribution in [3.63, 3.8) is 0 Å². The lowest BCUT2D eigenvalue weighted by Gasteiger charge is -2.17. The highest BCUT2D eigenvalue weighted by Gasteiger charge is 2.14. The van der Waals surface area contributed by atoms with Gasteiger partial charge >= 0.3 is 0 Å². The average Bonchev–Trinajstić information content (AvgIpc) is 3.07. The maximum absolute atomic E-state index is 6.00. The monoisotopic (exact) mass is 580 g/mol. The second kappa shape index (κ2) is 13.8. The smallest absolute Gasteiger partial charge is 0.126 e. The molecule has 5 aromatic carbocycles. The summed E-state index contributed by atoms with van der Waals surface area (Å²) in [6.07, 6.45) is 4.37. The predicted octanol–water partition coefficient (Wildman–Crippen LogP) is 9.01. The van der Waals surface area contributed by atoms with E-state index in [1.54, 1.807) is 14.2 Å². The molecule has 0 aliphatic rings. The Morgan fingerprint density at radius 2 is 0.773 bits per heavy atom. The summed E-state index contributed by atoms with van der Waals surface area (Å²) in [5.41, 5.74) is 10.9. The summed E-state index contributed by atoms with van der Waals surface area (Å²) in [6.45, 7) is 0. The fraction of sp³-hybridized carbons (Fsp3) is 0.150. The largest absolute Gasteiger partial charge is 0.496 e. The summed E-state index contributed by atoms with van der Waals surface area (Å²) < 4.78 is 12.0. The first kappa shape index (κ1) is 30.2. The molecular weight excluding hydrogens is 540 g/mol. The fourth-order valence-electron chi connectivity index (χ4n) is 5.26. The van der Waals surface area contributed by atoms with E-state index in [1.807, 2.05) is 12.1 Å². The molecule has 0 aromatic heterocycles. The first-order chi connectivity index (χ1) is 21.4. The van der Waals surface area contributed by atoms with Gasteiger partial charge in [0.25, 0.3) is 0 Å². The highest BCUT2D eigenvalue weighted by Crippen LogP contribution is 2.37. The van der Waals surface area contributed by atoms with Gasteiger partial charge < -0.3 is 19.3 Å². The first-order valence-electron chi connectivity index (χ1n) is 14.7. The Morgan fingerprint density at radius 3 is 1.07 bits per heavy atom. The minimum atomic E-state index is 0.769. The second-order valence-corrected chi connectivity index (χ2v) is 11.1. The SMILES string of the molecule is COc1cc(/C=C(\c2ccccc2)c2ccc(N(C)C)cc2)c(OC)cc1/C=C(\c1ccccc1)c1ccc(N(C)C)cc1. The van der Waals surface area contributed by atoms with Gasteiger partial charge in [-0.25, -0.2) is 0 Å². The number of hydrogen-bond donors (Lipinski definition) is 0. The van der Waals surface area contributed by atoms with Crippen molar-refractivity contribution in [3.8, 4) is 11.5 Å². The zero-order valence-corrected chi connectivity index (χ0v) is 26.4. The number of benzene rings is 5. The number of rotatable bonds is 10. The topological polar surface area (TPSA) is 24.9 Å². The molecule has 4 nitrogen and oxygen atoms in total. The van der Waals surface area contributed by atoms with Crippen molar-refractivity contribution in [2.45, 2.75) is 0 Å². The molecule has 5 aromatic rings. The van der Waals surface area contributed by atoms with Gasteiger partial charge in [0, 0.05) is 50.7 Å². The summed E-state index contributed by atoms with van der Waals surface area (Å²) in [7, 11) is 11.7. The number of anilines is 2. The lowest BCUT2D eigenvalue weighted by atomic mass is 9.93. The average molecular weight is 581 g/mol. The molecule has 0 heterocycles. The molecule has 0 radical (unpaired) electrons. The third-order valence-corrected chi connectivity index (χ3v) is 7.74. The Balaban J connectivity index is 1.65. The molecular formula is C40H40N2O2. The Hall–Kier alpha value is -5.22. The summed E-state index contributed by atoms with van der Waals surface area (Å²) >= 11 is 0. The maximum Gasteiger partial charge on any atom is 0.126 e. The van der Waals surface area contributed by atoms with E-state index < -0.39 is 0 Å². The fourth-order valence-corrected chi connectivity index (χ4v) is 5.26. The molecule has 0 aliphatic carbocycles. The van der Waals surface area contributed by atoms with E-state index in [2.05, 4.69) is 159 Å². The zero-order valence-electron chi connectivity index (χ0n) is 26.4. The van der Waals surface area contributed by atoms with Gasteiger partial charge in [0.05, 0.1) is 14.2 Å². The molecule has 44 heavy (non-hydrogen) atoms. The Morgan fingerprint density at radius 1 is 0.455 bits per heavy atom. The molecule has 4 heteroatoms. The predicted molar refractivity (Wildman–Crippen MR) is 188 cm³/mol. The summed E-state index contributed by atoms with van der Waals surface area (Å²) in [6, 6.07) is 42.3. The minimum Gasteiger partial charge on any atom is -0.496 e. The van der Waals surface area contributed by atoms with E-state index in [0.29, 0.717) is 0 Å². The summed E-state index contributed by atoms with van der Waals surface area (Å²) in [4.78, 5) is 4.21. The molecule has 222 valence electrons. The lowest BCUT2D eigenvalue weighted by molar-refractivity contribution is 0.401. The molecule has 0 saturated heterocycles. The van der Waals surface area contributed by atoms with Crippen molar-refractivity contribution in [2.24, 2.45) is 0 Å². The molecule has 0 spiro atoms. The first-order valence-corrected chi connectivity index (χ1v) is 14.7. The quantitative estimate of drug-likeness (QED) is 0.154. The lowest BCUT2D eigenvalue weighted by Crippen LogP contribution is -2.08. The number of ether oxygens (including phenoxy) is 2. The normalized spacial score (nSPS) is 11.7.